The number of fused-ring (bicyclic) bond motifs is 2. The highest BCUT2D eigenvalue weighted by Crippen LogP contribution is 2.29. The number of nitrogens with two attached hydrogens (primary N) is 1. The second kappa shape index (κ2) is 7.15. The van der Waals surface area contributed by atoms with Crippen molar-refractivity contribution in [1.29, 1.82) is 0 Å². The number of likely N-dealkylation sites (tertiary alicyclic amines) is 1. The van der Waals surface area contributed by atoms with Crippen molar-refractivity contribution in [2.75, 3.05) is 33.0 Å². The summed E-state index contributed by atoms with van der Waals surface area (Å²) in [6.07, 6.45) is 3.49. The lowest BCUT2D eigenvalue weighted by atomic mass is 10.1. The fraction of sp³-hybridized carbons (Fsp3) is 0.450. The van der Waals surface area contributed by atoms with E-state index in [4.69, 9.17) is 10.5 Å². The third-order valence-electron chi connectivity index (χ3n) is 5.79. The normalized spacial score (nSPS) is 22.5. The molecule has 0 saturated carbocycles. The van der Waals surface area contributed by atoms with Crippen molar-refractivity contribution in [3.05, 3.63) is 35.9 Å². The Morgan fingerprint density at radius 1 is 1.15 bits per heavy atom. The Morgan fingerprint density at radius 3 is 2.63 bits per heavy atom. The van der Waals surface area contributed by atoms with Crippen molar-refractivity contribution in [2.24, 2.45) is 0 Å². The molecule has 2 saturated heterocycles. The highest BCUT2D eigenvalue weighted by molar-refractivity contribution is 5.94. The van der Waals surface area contributed by atoms with E-state index >= 15 is 0 Å². The molecule has 1 amide bonds. The summed E-state index contributed by atoms with van der Waals surface area (Å²) in [6.45, 7) is 1.64. The van der Waals surface area contributed by atoms with Gasteiger partial charge in [-0.1, -0.05) is 12.1 Å². The quantitative estimate of drug-likeness (QED) is 0.894. The van der Waals surface area contributed by atoms with Gasteiger partial charge in [-0.05, 0) is 38.4 Å². The lowest BCUT2D eigenvalue weighted by Crippen LogP contribution is -2.39. The molecule has 7 nitrogen and oxygen atoms in total. The first-order chi connectivity index (χ1) is 13.0. The van der Waals surface area contributed by atoms with Gasteiger partial charge in [0.05, 0.1) is 12.8 Å². The standard InChI is InChI=1S/C20H25N5O2/c1-24-15-7-8-16(24)12-25(10-9-15)19(26)14-5-3-13(4-6-14)17-11-18(27-2)23-20(21)22-17/h3-6,11,15-16H,7-10,12H2,1-2H3,(H2,21,22,23)/t15-,16+/m0/s1. The van der Waals surface area contributed by atoms with Crippen LogP contribution in [0.25, 0.3) is 11.3 Å². The van der Waals surface area contributed by atoms with E-state index in [1.807, 2.05) is 29.2 Å². The van der Waals surface area contributed by atoms with Crippen LogP contribution in [-0.2, 0) is 0 Å². The number of benzene rings is 1. The van der Waals surface area contributed by atoms with E-state index in [-0.39, 0.29) is 11.9 Å². The van der Waals surface area contributed by atoms with Crippen molar-refractivity contribution in [2.45, 2.75) is 31.3 Å². The molecule has 2 atom stereocenters. The van der Waals surface area contributed by atoms with Gasteiger partial charge in [0.2, 0.25) is 11.8 Å². The Bertz CT molecular complexity index is 839. The van der Waals surface area contributed by atoms with Crippen LogP contribution in [0.15, 0.2) is 30.3 Å². The van der Waals surface area contributed by atoms with E-state index in [0.717, 1.165) is 25.1 Å². The minimum Gasteiger partial charge on any atom is -0.481 e. The number of nitrogens with zero attached hydrogens (tertiary/aromatic N) is 4. The van der Waals surface area contributed by atoms with Crippen molar-refractivity contribution < 1.29 is 9.53 Å². The van der Waals surface area contributed by atoms with Gasteiger partial charge >= 0.3 is 0 Å². The van der Waals surface area contributed by atoms with Crippen molar-refractivity contribution in [1.82, 2.24) is 19.8 Å². The predicted molar refractivity (Wildman–Crippen MR) is 104 cm³/mol. The van der Waals surface area contributed by atoms with Crippen LogP contribution in [0.5, 0.6) is 5.88 Å². The molecule has 2 aliphatic rings. The lowest BCUT2D eigenvalue weighted by molar-refractivity contribution is 0.0740. The number of carbonyl (C=O) groups is 1. The number of amides is 1. The molecule has 3 heterocycles. The van der Waals surface area contributed by atoms with Gasteiger partial charge in [0, 0.05) is 42.4 Å². The molecule has 7 heteroatoms. The SMILES string of the molecule is COc1cc(-c2ccc(C(=O)N3CC[C@@H]4CC[C@H](C3)N4C)cc2)nc(N)n1. The summed E-state index contributed by atoms with van der Waals surface area (Å²) in [5.41, 5.74) is 7.98. The van der Waals surface area contributed by atoms with Crippen LogP contribution >= 0.6 is 0 Å². The molecule has 0 spiro atoms. The van der Waals surface area contributed by atoms with Gasteiger partial charge in [-0.15, -0.1) is 0 Å². The van der Waals surface area contributed by atoms with Crippen LogP contribution in [0.4, 0.5) is 5.95 Å². The molecule has 0 unspecified atom stereocenters. The predicted octanol–water partition coefficient (Wildman–Crippen LogP) is 2.04. The highest BCUT2D eigenvalue weighted by Gasteiger charge is 2.36. The average Bonchev–Trinajstić information content (AvgIpc) is 2.92. The molecule has 142 valence electrons. The third-order valence-corrected chi connectivity index (χ3v) is 5.79. The van der Waals surface area contributed by atoms with Crippen LogP contribution in [0.1, 0.15) is 29.6 Å². The van der Waals surface area contributed by atoms with E-state index in [1.165, 1.54) is 12.8 Å². The molecule has 2 fully saturated rings. The zero-order chi connectivity index (χ0) is 19.0. The minimum atomic E-state index is 0.0993. The number of nitrogen functional groups attached to an aromatic ring is 1. The molecule has 2 aromatic rings. The van der Waals surface area contributed by atoms with E-state index in [1.54, 1.807) is 13.2 Å². The maximum Gasteiger partial charge on any atom is 0.253 e. The monoisotopic (exact) mass is 367 g/mol. The fourth-order valence-electron chi connectivity index (χ4n) is 4.15. The van der Waals surface area contributed by atoms with Gasteiger partial charge < -0.3 is 15.4 Å². The Morgan fingerprint density at radius 2 is 1.89 bits per heavy atom. The summed E-state index contributed by atoms with van der Waals surface area (Å²) in [6, 6.07) is 10.3. The summed E-state index contributed by atoms with van der Waals surface area (Å²) in [5.74, 6) is 0.678. The van der Waals surface area contributed by atoms with Crippen molar-refractivity contribution in [3.63, 3.8) is 0 Å². The smallest absolute Gasteiger partial charge is 0.253 e. The molecule has 2 N–H and O–H groups in total. The second-order valence-electron chi connectivity index (χ2n) is 7.32. The van der Waals surface area contributed by atoms with Crippen LogP contribution in [0, 0.1) is 0 Å². The Balaban J connectivity index is 1.52. The van der Waals surface area contributed by atoms with Gasteiger partial charge in [0.15, 0.2) is 0 Å². The van der Waals surface area contributed by atoms with E-state index < -0.39 is 0 Å². The number of hydrogen-bond donors (Lipinski definition) is 1. The summed E-state index contributed by atoms with van der Waals surface area (Å²) >= 11 is 0. The molecule has 1 aromatic heterocycles. The number of rotatable bonds is 3. The van der Waals surface area contributed by atoms with Crippen LogP contribution in [0.2, 0.25) is 0 Å². The van der Waals surface area contributed by atoms with Crippen LogP contribution < -0.4 is 10.5 Å². The van der Waals surface area contributed by atoms with E-state index in [0.29, 0.717) is 29.2 Å². The number of methoxy groups -OCH3 is 1. The zero-order valence-corrected chi connectivity index (χ0v) is 15.8. The average molecular weight is 367 g/mol. The molecule has 0 radical (unpaired) electrons. The minimum absolute atomic E-state index is 0.0993. The Labute approximate surface area is 159 Å². The molecule has 2 aliphatic heterocycles. The molecule has 0 aliphatic carbocycles. The number of anilines is 1. The molecule has 4 rings (SSSR count). The maximum atomic E-state index is 13.0. The topological polar surface area (TPSA) is 84.6 Å². The largest absolute Gasteiger partial charge is 0.481 e. The van der Waals surface area contributed by atoms with Gasteiger partial charge in [0.1, 0.15) is 0 Å². The maximum absolute atomic E-state index is 13.0. The molecular formula is C20H25N5O2. The summed E-state index contributed by atoms with van der Waals surface area (Å²) in [5, 5.41) is 0. The number of likely N-dealkylation sites (N-methyl/N-ethyl adjacent to an activating group) is 1. The van der Waals surface area contributed by atoms with E-state index in [9.17, 15) is 4.79 Å². The Hall–Kier alpha value is -2.67. The van der Waals surface area contributed by atoms with E-state index in [2.05, 4.69) is 21.9 Å². The summed E-state index contributed by atoms with van der Waals surface area (Å²) < 4.78 is 5.15. The lowest BCUT2D eigenvalue weighted by Gasteiger charge is -2.26. The first-order valence-corrected chi connectivity index (χ1v) is 9.35. The number of ether oxygens (including phenoxy) is 1. The first-order valence-electron chi connectivity index (χ1n) is 9.35. The van der Waals surface area contributed by atoms with Crippen molar-refractivity contribution >= 4 is 11.9 Å². The van der Waals surface area contributed by atoms with Crippen LogP contribution in [0.3, 0.4) is 0 Å². The third kappa shape index (κ3) is 3.47. The Kier molecular flexibility index (Phi) is 4.70. The molecular weight excluding hydrogens is 342 g/mol. The molecule has 27 heavy (non-hydrogen) atoms. The van der Waals surface area contributed by atoms with Crippen molar-refractivity contribution in [3.8, 4) is 17.1 Å². The second-order valence-corrected chi connectivity index (χ2v) is 7.32. The van der Waals surface area contributed by atoms with Gasteiger partial charge in [-0.25, -0.2) is 4.98 Å². The van der Waals surface area contributed by atoms with Gasteiger partial charge in [0.25, 0.3) is 5.91 Å². The van der Waals surface area contributed by atoms with Gasteiger partial charge in [-0.2, -0.15) is 4.98 Å². The highest BCUT2D eigenvalue weighted by atomic mass is 16.5. The number of carbonyl (C=O) groups excluding carboxylic acids is 1. The number of aromatic nitrogens is 2. The summed E-state index contributed by atoms with van der Waals surface area (Å²) in [7, 11) is 3.73. The number of hydrogen-bond acceptors (Lipinski definition) is 6. The van der Waals surface area contributed by atoms with Gasteiger partial charge in [-0.3, -0.25) is 9.69 Å². The summed E-state index contributed by atoms with van der Waals surface area (Å²) in [4.78, 5) is 25.7. The zero-order valence-electron chi connectivity index (χ0n) is 15.8. The first kappa shape index (κ1) is 17.7. The van der Waals surface area contributed by atoms with Crippen LogP contribution in [-0.4, -0.2) is 65.0 Å². The molecule has 2 bridgehead atoms. The molecule has 1 aromatic carbocycles. The fourth-order valence-corrected chi connectivity index (χ4v) is 4.15.